The summed E-state index contributed by atoms with van der Waals surface area (Å²) in [5.41, 5.74) is 1.13. The minimum absolute atomic E-state index is 0.245. The van der Waals surface area contributed by atoms with E-state index in [2.05, 4.69) is 19.2 Å². The molecule has 0 saturated carbocycles. The van der Waals surface area contributed by atoms with Crippen LogP contribution in [0.2, 0.25) is 5.02 Å². The first-order valence-electron chi connectivity index (χ1n) is 6.78. The van der Waals surface area contributed by atoms with Crippen LogP contribution in [0, 0.1) is 0 Å². The zero-order chi connectivity index (χ0) is 13.4. The Morgan fingerprint density at radius 2 is 2.06 bits per heavy atom. The molecule has 1 rings (SSSR count). The van der Waals surface area contributed by atoms with Crippen molar-refractivity contribution in [1.29, 1.82) is 0 Å². The average molecular weight is 270 g/mol. The van der Waals surface area contributed by atoms with Crippen LogP contribution in [0.4, 0.5) is 0 Å². The maximum Gasteiger partial charge on any atom is 0.124 e. The second kappa shape index (κ2) is 8.39. The summed E-state index contributed by atoms with van der Waals surface area (Å²) in [6.45, 7) is 5.10. The smallest absolute Gasteiger partial charge is 0.124 e. The highest BCUT2D eigenvalue weighted by molar-refractivity contribution is 6.30. The fourth-order valence-electron chi connectivity index (χ4n) is 1.86. The molecule has 0 saturated heterocycles. The summed E-state index contributed by atoms with van der Waals surface area (Å²) in [6.07, 6.45) is 4.89. The van der Waals surface area contributed by atoms with Crippen molar-refractivity contribution >= 4 is 11.6 Å². The molecular weight excluding hydrogens is 246 g/mol. The molecule has 102 valence electrons. The van der Waals surface area contributed by atoms with E-state index in [1.165, 1.54) is 19.3 Å². The molecule has 0 aliphatic heterocycles. The van der Waals surface area contributed by atoms with Crippen LogP contribution in [0.1, 0.15) is 51.1 Å². The van der Waals surface area contributed by atoms with E-state index in [1.54, 1.807) is 0 Å². The molecule has 0 aromatic heterocycles. The lowest BCUT2D eigenvalue weighted by Gasteiger charge is -2.17. The van der Waals surface area contributed by atoms with Crippen LogP contribution in [-0.2, 0) is 0 Å². The second-order valence-corrected chi connectivity index (χ2v) is 5.04. The number of unbranched alkanes of at least 4 members (excludes halogenated alkanes) is 3. The van der Waals surface area contributed by atoms with Crippen LogP contribution in [0.3, 0.4) is 0 Å². The first-order chi connectivity index (χ1) is 8.69. The molecule has 0 spiro atoms. The molecule has 1 N–H and O–H groups in total. The number of nitrogens with one attached hydrogen (secondary N) is 1. The lowest BCUT2D eigenvalue weighted by atomic mass is 10.1. The Labute approximate surface area is 116 Å². The Balaban J connectivity index is 2.58. The summed E-state index contributed by atoms with van der Waals surface area (Å²) in [5, 5.41) is 3.98. The molecule has 3 heteroatoms. The van der Waals surface area contributed by atoms with Gasteiger partial charge in [0.15, 0.2) is 0 Å². The molecule has 0 aliphatic carbocycles. The number of ether oxygens (including phenoxy) is 1. The summed E-state index contributed by atoms with van der Waals surface area (Å²) >= 11 is 6.04. The number of benzene rings is 1. The largest absolute Gasteiger partial charge is 0.493 e. The molecule has 0 fully saturated rings. The first kappa shape index (κ1) is 15.3. The molecule has 1 aromatic rings. The van der Waals surface area contributed by atoms with Crippen LogP contribution in [0.5, 0.6) is 5.75 Å². The minimum atomic E-state index is 0.245. The van der Waals surface area contributed by atoms with Gasteiger partial charge in [0, 0.05) is 16.6 Å². The van der Waals surface area contributed by atoms with E-state index in [-0.39, 0.29) is 6.04 Å². The van der Waals surface area contributed by atoms with Gasteiger partial charge in [-0.25, -0.2) is 0 Å². The van der Waals surface area contributed by atoms with E-state index in [0.717, 1.165) is 29.4 Å². The maximum atomic E-state index is 6.04. The van der Waals surface area contributed by atoms with E-state index in [1.807, 2.05) is 25.2 Å². The van der Waals surface area contributed by atoms with E-state index < -0.39 is 0 Å². The zero-order valence-electron chi connectivity index (χ0n) is 11.6. The number of hydrogen-bond acceptors (Lipinski definition) is 2. The van der Waals surface area contributed by atoms with Gasteiger partial charge in [0.1, 0.15) is 5.75 Å². The van der Waals surface area contributed by atoms with E-state index in [0.29, 0.717) is 0 Å². The van der Waals surface area contributed by atoms with Crippen LogP contribution >= 0.6 is 11.6 Å². The van der Waals surface area contributed by atoms with Gasteiger partial charge in [0.25, 0.3) is 0 Å². The van der Waals surface area contributed by atoms with Crippen LogP contribution < -0.4 is 10.1 Å². The molecule has 0 bridgehead atoms. The molecular formula is C15H24ClNO. The van der Waals surface area contributed by atoms with E-state index in [9.17, 15) is 0 Å². The predicted molar refractivity (Wildman–Crippen MR) is 78.6 cm³/mol. The molecule has 18 heavy (non-hydrogen) atoms. The quantitative estimate of drug-likeness (QED) is 0.698. The molecule has 1 atom stereocenters. The van der Waals surface area contributed by atoms with Gasteiger partial charge in [0.2, 0.25) is 0 Å². The van der Waals surface area contributed by atoms with Crippen LogP contribution in [0.15, 0.2) is 18.2 Å². The third kappa shape index (κ3) is 4.87. The van der Waals surface area contributed by atoms with Gasteiger partial charge in [-0.05, 0) is 38.6 Å². The van der Waals surface area contributed by atoms with Gasteiger partial charge in [-0.15, -0.1) is 0 Å². The Bertz CT molecular complexity index is 354. The molecule has 2 nitrogen and oxygen atoms in total. The highest BCUT2D eigenvalue weighted by Gasteiger charge is 2.10. The lowest BCUT2D eigenvalue weighted by Crippen LogP contribution is -2.14. The van der Waals surface area contributed by atoms with Gasteiger partial charge < -0.3 is 10.1 Å². The number of rotatable bonds is 8. The highest BCUT2D eigenvalue weighted by Crippen LogP contribution is 2.28. The maximum absolute atomic E-state index is 6.04. The number of halogens is 1. The third-order valence-electron chi connectivity index (χ3n) is 3.13. The van der Waals surface area contributed by atoms with E-state index >= 15 is 0 Å². The molecule has 0 aliphatic rings. The van der Waals surface area contributed by atoms with Crippen molar-refractivity contribution in [3.8, 4) is 5.75 Å². The minimum Gasteiger partial charge on any atom is -0.493 e. The fraction of sp³-hybridized carbons (Fsp3) is 0.600. The van der Waals surface area contributed by atoms with Gasteiger partial charge in [-0.1, -0.05) is 37.8 Å². The summed E-state index contributed by atoms with van der Waals surface area (Å²) < 4.78 is 5.86. The van der Waals surface area contributed by atoms with Crippen molar-refractivity contribution in [2.75, 3.05) is 13.7 Å². The highest BCUT2D eigenvalue weighted by atomic mass is 35.5. The van der Waals surface area contributed by atoms with Crippen molar-refractivity contribution in [1.82, 2.24) is 5.32 Å². The summed E-state index contributed by atoms with van der Waals surface area (Å²) in [7, 11) is 1.94. The number of hydrogen-bond donors (Lipinski definition) is 1. The Kier molecular flexibility index (Phi) is 7.14. The van der Waals surface area contributed by atoms with Crippen LogP contribution in [-0.4, -0.2) is 13.7 Å². The topological polar surface area (TPSA) is 21.3 Å². The van der Waals surface area contributed by atoms with Crippen molar-refractivity contribution in [2.45, 2.75) is 45.6 Å². The molecule has 0 heterocycles. The van der Waals surface area contributed by atoms with Gasteiger partial charge in [-0.2, -0.15) is 0 Å². The van der Waals surface area contributed by atoms with Gasteiger partial charge >= 0.3 is 0 Å². The third-order valence-corrected chi connectivity index (χ3v) is 3.36. The Morgan fingerprint density at radius 3 is 2.72 bits per heavy atom. The monoisotopic (exact) mass is 269 g/mol. The fourth-order valence-corrected chi connectivity index (χ4v) is 2.04. The lowest BCUT2D eigenvalue weighted by molar-refractivity contribution is 0.299. The second-order valence-electron chi connectivity index (χ2n) is 4.60. The standard InChI is InChI=1S/C15H24ClNO/c1-4-5-6-7-10-18-15-9-8-13(16)11-14(15)12(2)17-3/h8-9,11-12,17H,4-7,10H2,1-3H3. The van der Waals surface area contributed by atoms with E-state index in [4.69, 9.17) is 16.3 Å². The van der Waals surface area contributed by atoms with Crippen molar-refractivity contribution in [3.63, 3.8) is 0 Å². The molecule has 0 radical (unpaired) electrons. The van der Waals surface area contributed by atoms with Crippen molar-refractivity contribution < 1.29 is 4.74 Å². The summed E-state index contributed by atoms with van der Waals surface area (Å²) in [4.78, 5) is 0. The van der Waals surface area contributed by atoms with Crippen LogP contribution in [0.25, 0.3) is 0 Å². The predicted octanol–water partition coefficient (Wildman–Crippen LogP) is 4.58. The average Bonchev–Trinajstić information content (AvgIpc) is 2.39. The normalized spacial score (nSPS) is 12.4. The summed E-state index contributed by atoms with van der Waals surface area (Å²) in [5.74, 6) is 0.942. The van der Waals surface area contributed by atoms with Crippen molar-refractivity contribution in [3.05, 3.63) is 28.8 Å². The first-order valence-corrected chi connectivity index (χ1v) is 7.16. The SMILES string of the molecule is CCCCCCOc1ccc(Cl)cc1C(C)NC. The Morgan fingerprint density at radius 1 is 1.28 bits per heavy atom. The molecule has 0 amide bonds. The van der Waals surface area contributed by atoms with Crippen molar-refractivity contribution in [2.24, 2.45) is 0 Å². The molecule has 1 unspecified atom stereocenters. The Hall–Kier alpha value is -0.730. The van der Waals surface area contributed by atoms with Gasteiger partial charge in [0.05, 0.1) is 6.61 Å². The zero-order valence-corrected chi connectivity index (χ0v) is 12.4. The van der Waals surface area contributed by atoms with Gasteiger partial charge in [-0.3, -0.25) is 0 Å². The molecule has 1 aromatic carbocycles. The summed E-state index contributed by atoms with van der Waals surface area (Å²) in [6, 6.07) is 6.07.